The first-order chi connectivity index (χ1) is 16.0. The summed E-state index contributed by atoms with van der Waals surface area (Å²) in [4.78, 5) is 24.9. The van der Waals surface area contributed by atoms with E-state index in [1.807, 2.05) is 0 Å². The molecule has 4 aliphatic carbocycles. The zero-order chi connectivity index (χ0) is 24.5. The lowest BCUT2D eigenvalue weighted by atomic mass is 9.40. The average molecular weight is 483 g/mol. The summed E-state index contributed by atoms with van der Waals surface area (Å²) in [6.07, 6.45) is 0.432. The highest BCUT2D eigenvalue weighted by Crippen LogP contribution is 2.86. The maximum Gasteiger partial charge on any atom is 0.184 e. The van der Waals surface area contributed by atoms with E-state index in [0.29, 0.717) is 16.7 Å². The highest BCUT2D eigenvalue weighted by atomic mass is 16.7. The summed E-state index contributed by atoms with van der Waals surface area (Å²) in [5.74, 6) is 0.119. The minimum atomic E-state index is -1.58. The second-order valence-electron chi connectivity index (χ2n) is 12.4. The van der Waals surface area contributed by atoms with Gasteiger partial charge in [-0.1, -0.05) is 19.0 Å². The normalized spacial score (nSPS) is 49.2. The summed E-state index contributed by atoms with van der Waals surface area (Å²) in [6.45, 7) is 3.87. The number of carbonyl (C=O) groups excluding carboxylic acids is 1. The molecule has 0 aromatic heterocycles. The third kappa shape index (κ3) is 3.52. The lowest BCUT2D eigenvalue weighted by Crippen LogP contribution is -2.57. The number of Topliss-reactive ketones (excluding diaryl/α,β-unsaturated/α-hetero) is 1. The molecule has 0 aromatic rings. The predicted octanol–water partition coefficient (Wildman–Crippen LogP) is 0.236. The quantitative estimate of drug-likeness (QED) is 0.275. The third-order valence-electron chi connectivity index (χ3n) is 10.0. The van der Waals surface area contributed by atoms with Crippen LogP contribution in [0.1, 0.15) is 58.8 Å². The van der Waals surface area contributed by atoms with Crippen molar-refractivity contribution in [3.63, 3.8) is 0 Å². The van der Waals surface area contributed by atoms with E-state index in [0.717, 1.165) is 19.3 Å². The Labute approximate surface area is 199 Å². The molecule has 5 rings (SSSR count). The van der Waals surface area contributed by atoms with Gasteiger partial charge in [0.05, 0.1) is 25.9 Å². The Morgan fingerprint density at radius 3 is 2.62 bits per heavy atom. The standard InChI is InChI=1S/C24H38N2O8/c1-21-4-13-5-23(11-22(2,10-21)24(21,6-13)12-23)25-7-16(30)18(26-32)19(17(31)8-27)34-20-15(29)3-14(28)9-33-20/h13-15,17-20,25,27-29,31H,3-12H2,1-2H3/t13?,14-,15+,17+,18+,19?,20-,21?,22?,23?,24?/m0/s1. The highest BCUT2D eigenvalue weighted by Gasteiger charge is 2.80. The molecule has 0 radical (unpaired) electrons. The topological polar surface area (TPSA) is 158 Å². The number of nitrogens with one attached hydrogen (secondary N) is 1. The Hall–Kier alpha value is -1.01. The van der Waals surface area contributed by atoms with Crippen molar-refractivity contribution >= 4 is 5.78 Å². The molecule has 5 N–H and O–H groups in total. The van der Waals surface area contributed by atoms with Crippen LogP contribution in [0.2, 0.25) is 0 Å². The molecule has 34 heavy (non-hydrogen) atoms. The smallest absolute Gasteiger partial charge is 0.184 e. The summed E-state index contributed by atoms with van der Waals surface area (Å²) in [5, 5.41) is 46.0. The van der Waals surface area contributed by atoms with Crippen molar-refractivity contribution in [3.8, 4) is 0 Å². The molecule has 1 saturated heterocycles. The summed E-state index contributed by atoms with van der Waals surface area (Å²) >= 11 is 0. The number of carbonyl (C=O) groups is 1. The fraction of sp³-hybridized carbons (Fsp3) is 0.958. The van der Waals surface area contributed by atoms with Crippen molar-refractivity contribution in [2.75, 3.05) is 19.8 Å². The number of aliphatic hydroxyl groups is 4. The maximum atomic E-state index is 13.2. The fourth-order valence-corrected chi connectivity index (χ4v) is 9.16. The minimum absolute atomic E-state index is 0.00951. The molecule has 1 heterocycles. The van der Waals surface area contributed by atoms with Gasteiger partial charge in [-0.05, 0) is 60.7 Å². The van der Waals surface area contributed by atoms with Gasteiger partial charge >= 0.3 is 0 Å². The summed E-state index contributed by atoms with van der Waals surface area (Å²) < 4.78 is 10.9. The number of ketones is 1. The minimum Gasteiger partial charge on any atom is -0.394 e. The largest absolute Gasteiger partial charge is 0.394 e. The Balaban J connectivity index is 1.27. The van der Waals surface area contributed by atoms with Crippen LogP contribution in [-0.4, -0.2) is 88.3 Å². The summed E-state index contributed by atoms with van der Waals surface area (Å²) in [6, 6.07) is -1.58. The zero-order valence-electron chi connectivity index (χ0n) is 20.0. The molecule has 10 nitrogen and oxygen atoms in total. The van der Waals surface area contributed by atoms with Crippen LogP contribution < -0.4 is 5.32 Å². The first kappa shape index (κ1) is 24.7. The van der Waals surface area contributed by atoms with Crippen molar-refractivity contribution in [2.24, 2.45) is 27.3 Å². The molecular formula is C24H38N2O8. The monoisotopic (exact) mass is 482 g/mol. The van der Waals surface area contributed by atoms with Crippen molar-refractivity contribution in [3.05, 3.63) is 4.91 Å². The van der Waals surface area contributed by atoms with Crippen LogP contribution in [0.15, 0.2) is 5.18 Å². The Morgan fingerprint density at radius 1 is 1.18 bits per heavy atom. The van der Waals surface area contributed by atoms with E-state index in [1.165, 1.54) is 19.3 Å². The second kappa shape index (κ2) is 8.26. The van der Waals surface area contributed by atoms with Gasteiger partial charge in [-0.15, -0.1) is 4.91 Å². The van der Waals surface area contributed by atoms with Gasteiger partial charge in [0.15, 0.2) is 18.1 Å². The van der Waals surface area contributed by atoms with Gasteiger partial charge in [-0.25, -0.2) is 0 Å². The van der Waals surface area contributed by atoms with Gasteiger partial charge in [0.25, 0.3) is 0 Å². The first-order valence-corrected chi connectivity index (χ1v) is 12.5. The number of ether oxygens (including phenoxy) is 2. The third-order valence-corrected chi connectivity index (χ3v) is 10.0. The molecule has 6 unspecified atom stereocenters. The number of nitroso groups, excluding NO2 is 1. The molecule has 0 aromatic carbocycles. The molecule has 1 spiro atoms. The number of nitrogens with zero attached hydrogens (tertiary/aromatic N) is 1. The lowest BCUT2D eigenvalue weighted by molar-refractivity contribution is -0.265. The Bertz CT molecular complexity index is 844. The number of aliphatic hydroxyl groups excluding tert-OH is 4. The van der Waals surface area contributed by atoms with E-state index in [-0.39, 0.29) is 30.5 Å². The molecule has 5 fully saturated rings. The number of rotatable bonds is 10. The van der Waals surface area contributed by atoms with E-state index < -0.39 is 49.1 Å². The van der Waals surface area contributed by atoms with Crippen molar-refractivity contribution in [1.29, 1.82) is 0 Å². The number of hydrogen-bond donors (Lipinski definition) is 5. The molecule has 11 atom stereocenters. The van der Waals surface area contributed by atoms with E-state index in [1.54, 1.807) is 0 Å². The maximum absolute atomic E-state index is 13.2. The molecule has 10 heteroatoms. The van der Waals surface area contributed by atoms with Gasteiger partial charge in [0.2, 0.25) is 0 Å². The average Bonchev–Trinajstić information content (AvgIpc) is 3.04. The van der Waals surface area contributed by atoms with Gasteiger partial charge in [-0.2, -0.15) is 0 Å². The van der Waals surface area contributed by atoms with E-state index in [2.05, 4.69) is 24.3 Å². The molecule has 3 bridgehead atoms. The molecule has 0 amide bonds. The van der Waals surface area contributed by atoms with Crippen LogP contribution in [-0.2, 0) is 14.3 Å². The SMILES string of the molecule is CC12CC3CC4(NCC(=O)[C@@H](N=O)C(O[C@@H]5OC[C@@H](O)C[C@H]5O)[C@H](O)CO)CC(C)(C1)C2(C3)C4. The van der Waals surface area contributed by atoms with Crippen molar-refractivity contribution in [1.82, 2.24) is 5.32 Å². The van der Waals surface area contributed by atoms with Gasteiger partial charge in [0.1, 0.15) is 18.3 Å². The van der Waals surface area contributed by atoms with Crippen LogP contribution in [0.4, 0.5) is 0 Å². The van der Waals surface area contributed by atoms with Gasteiger partial charge in [-0.3, -0.25) is 4.79 Å². The molecule has 1 aliphatic heterocycles. The van der Waals surface area contributed by atoms with Crippen LogP contribution in [0.25, 0.3) is 0 Å². The summed E-state index contributed by atoms with van der Waals surface area (Å²) in [7, 11) is 0. The zero-order valence-corrected chi connectivity index (χ0v) is 20.0. The van der Waals surface area contributed by atoms with Crippen LogP contribution >= 0.6 is 0 Å². The number of fused-ring (bicyclic) bond motifs is 2. The molecule has 192 valence electrons. The van der Waals surface area contributed by atoms with E-state index in [9.17, 15) is 30.1 Å². The number of hydrogen-bond acceptors (Lipinski definition) is 10. The van der Waals surface area contributed by atoms with Crippen molar-refractivity contribution < 1.29 is 34.7 Å². The lowest BCUT2D eigenvalue weighted by Gasteiger charge is -2.64. The fourth-order valence-electron chi connectivity index (χ4n) is 9.16. The van der Waals surface area contributed by atoms with E-state index >= 15 is 0 Å². The highest BCUT2D eigenvalue weighted by molar-refractivity contribution is 5.87. The molecule has 5 aliphatic rings. The van der Waals surface area contributed by atoms with E-state index in [4.69, 9.17) is 9.47 Å². The van der Waals surface area contributed by atoms with Crippen LogP contribution in [0, 0.1) is 27.1 Å². The van der Waals surface area contributed by atoms with Crippen LogP contribution in [0.3, 0.4) is 0 Å². The van der Waals surface area contributed by atoms with Gasteiger partial charge < -0.3 is 35.2 Å². The molecular weight excluding hydrogens is 444 g/mol. The molecule has 4 saturated carbocycles. The Morgan fingerprint density at radius 2 is 1.94 bits per heavy atom. The van der Waals surface area contributed by atoms with Crippen LogP contribution in [0.5, 0.6) is 0 Å². The Kier molecular flexibility index (Phi) is 5.99. The van der Waals surface area contributed by atoms with Crippen molar-refractivity contribution in [2.45, 2.75) is 101 Å². The summed E-state index contributed by atoms with van der Waals surface area (Å²) in [5.41, 5.74) is 0.865. The second-order valence-corrected chi connectivity index (χ2v) is 12.4. The first-order valence-electron chi connectivity index (χ1n) is 12.5. The van der Waals surface area contributed by atoms with Gasteiger partial charge in [0, 0.05) is 12.0 Å². The predicted molar refractivity (Wildman–Crippen MR) is 119 cm³/mol.